The largest absolute Gasteiger partial charge is 0.344 e. The van der Waals surface area contributed by atoms with E-state index in [1.54, 1.807) is 0 Å². The third kappa shape index (κ3) is 6.90. The van der Waals surface area contributed by atoms with Crippen molar-refractivity contribution in [2.24, 2.45) is 0 Å². The van der Waals surface area contributed by atoms with Gasteiger partial charge in [-0.2, -0.15) is 4.37 Å². The van der Waals surface area contributed by atoms with E-state index in [1.807, 2.05) is 48.5 Å². The van der Waals surface area contributed by atoms with Crippen molar-refractivity contribution in [3.8, 4) is 0 Å². The molecule has 2 aromatic carbocycles. The Balaban J connectivity index is 1.16. The second-order valence-electron chi connectivity index (χ2n) is 8.06. The standard InChI is InChI=1S/C24H29ClN6OS/c1-2-18-5-9-21(10-6-18)27-23(32)26-11-12-30-13-15-31(16-14-30)24-28-22(29-33-24)17-19-3-7-20(25)8-4-19/h3-10H,2,11-17H2,1H3,(H2,26,27,32). The van der Waals surface area contributed by atoms with E-state index >= 15 is 0 Å². The Bertz CT molecular complexity index is 1030. The highest BCUT2D eigenvalue weighted by Crippen LogP contribution is 2.21. The maximum atomic E-state index is 12.1. The van der Waals surface area contributed by atoms with Crippen molar-refractivity contribution in [3.63, 3.8) is 0 Å². The molecule has 9 heteroatoms. The van der Waals surface area contributed by atoms with E-state index in [0.717, 1.165) is 66.4 Å². The molecule has 1 aliphatic heterocycles. The number of nitrogens with zero attached hydrogens (tertiary/aromatic N) is 4. The number of urea groups is 1. The van der Waals surface area contributed by atoms with Crippen molar-refractivity contribution in [2.75, 3.05) is 49.5 Å². The molecule has 174 valence electrons. The van der Waals surface area contributed by atoms with Gasteiger partial charge >= 0.3 is 6.03 Å². The van der Waals surface area contributed by atoms with Crippen LogP contribution in [0.1, 0.15) is 23.9 Å². The quantitative estimate of drug-likeness (QED) is 0.499. The molecule has 0 bridgehead atoms. The molecule has 7 nitrogen and oxygen atoms in total. The molecule has 0 atom stereocenters. The van der Waals surface area contributed by atoms with Crippen LogP contribution in [0, 0.1) is 0 Å². The van der Waals surface area contributed by atoms with Gasteiger partial charge in [0.05, 0.1) is 0 Å². The molecule has 0 spiro atoms. The summed E-state index contributed by atoms with van der Waals surface area (Å²) < 4.78 is 4.53. The first-order chi connectivity index (χ1) is 16.1. The Morgan fingerprint density at radius 2 is 1.73 bits per heavy atom. The normalized spacial score (nSPS) is 14.3. The minimum atomic E-state index is -0.167. The Hall–Kier alpha value is -2.68. The van der Waals surface area contributed by atoms with E-state index in [1.165, 1.54) is 17.1 Å². The number of hydrogen-bond donors (Lipinski definition) is 2. The predicted octanol–water partition coefficient (Wildman–Crippen LogP) is 4.29. The summed E-state index contributed by atoms with van der Waals surface area (Å²) >= 11 is 7.42. The molecule has 2 heterocycles. The molecule has 1 aromatic heterocycles. The fourth-order valence-corrected chi connectivity index (χ4v) is 4.58. The van der Waals surface area contributed by atoms with Crippen molar-refractivity contribution in [3.05, 3.63) is 70.5 Å². The van der Waals surface area contributed by atoms with E-state index < -0.39 is 0 Å². The molecular weight excluding hydrogens is 456 g/mol. The van der Waals surface area contributed by atoms with E-state index in [-0.39, 0.29) is 6.03 Å². The molecule has 1 aliphatic rings. The van der Waals surface area contributed by atoms with Crippen LogP contribution in [0.15, 0.2) is 48.5 Å². The first-order valence-corrected chi connectivity index (χ1v) is 12.4. The molecule has 1 saturated heterocycles. The van der Waals surface area contributed by atoms with E-state index in [0.29, 0.717) is 13.0 Å². The number of nitrogens with one attached hydrogen (secondary N) is 2. The fraction of sp³-hybridized carbons (Fsp3) is 0.375. The lowest BCUT2D eigenvalue weighted by molar-refractivity contribution is 0.240. The SMILES string of the molecule is CCc1ccc(NC(=O)NCCN2CCN(c3nc(Cc4ccc(Cl)cc4)ns3)CC2)cc1. The number of anilines is 2. The number of piperazine rings is 1. The number of halogens is 1. The minimum Gasteiger partial charge on any atom is -0.344 e. The zero-order chi connectivity index (χ0) is 23.0. The molecule has 0 radical (unpaired) electrons. The van der Waals surface area contributed by atoms with Crippen molar-refractivity contribution < 1.29 is 4.79 Å². The number of hydrogen-bond acceptors (Lipinski definition) is 6. The number of benzene rings is 2. The lowest BCUT2D eigenvalue weighted by atomic mass is 10.1. The smallest absolute Gasteiger partial charge is 0.319 e. The van der Waals surface area contributed by atoms with Gasteiger partial charge in [0, 0.05) is 67.9 Å². The number of carbonyl (C=O) groups is 1. The van der Waals surface area contributed by atoms with Gasteiger partial charge in [0.1, 0.15) is 5.82 Å². The van der Waals surface area contributed by atoms with Crippen molar-refractivity contribution in [1.29, 1.82) is 0 Å². The minimum absolute atomic E-state index is 0.167. The second kappa shape index (κ2) is 11.4. The van der Waals surface area contributed by atoms with E-state index in [9.17, 15) is 4.79 Å². The van der Waals surface area contributed by atoms with Gasteiger partial charge in [0.2, 0.25) is 5.13 Å². The lowest BCUT2D eigenvalue weighted by Gasteiger charge is -2.34. The highest BCUT2D eigenvalue weighted by Gasteiger charge is 2.20. The van der Waals surface area contributed by atoms with E-state index in [4.69, 9.17) is 16.6 Å². The summed E-state index contributed by atoms with van der Waals surface area (Å²) in [6.45, 7) is 7.25. The van der Waals surface area contributed by atoms with Gasteiger partial charge in [-0.05, 0) is 41.8 Å². The summed E-state index contributed by atoms with van der Waals surface area (Å²) in [5.74, 6) is 0.847. The molecule has 0 unspecified atom stereocenters. The molecule has 0 saturated carbocycles. The average molecular weight is 485 g/mol. The van der Waals surface area contributed by atoms with Gasteiger partial charge in [0.25, 0.3) is 0 Å². The summed E-state index contributed by atoms with van der Waals surface area (Å²) in [4.78, 5) is 21.5. The molecule has 33 heavy (non-hydrogen) atoms. The number of aromatic nitrogens is 2. The van der Waals surface area contributed by atoms with Crippen LogP contribution >= 0.6 is 23.1 Å². The highest BCUT2D eigenvalue weighted by atomic mass is 35.5. The van der Waals surface area contributed by atoms with Crippen LogP contribution in [0.25, 0.3) is 0 Å². The van der Waals surface area contributed by atoms with Gasteiger partial charge in [-0.25, -0.2) is 9.78 Å². The molecule has 1 fully saturated rings. The van der Waals surface area contributed by atoms with Gasteiger partial charge in [0.15, 0.2) is 0 Å². The molecule has 2 amide bonds. The number of carbonyl (C=O) groups excluding carboxylic acids is 1. The summed E-state index contributed by atoms with van der Waals surface area (Å²) in [7, 11) is 0. The predicted molar refractivity (Wildman–Crippen MR) is 136 cm³/mol. The first-order valence-electron chi connectivity index (χ1n) is 11.3. The third-order valence-corrected chi connectivity index (χ3v) is 6.78. The van der Waals surface area contributed by atoms with Crippen LogP contribution in [0.2, 0.25) is 5.02 Å². The highest BCUT2D eigenvalue weighted by molar-refractivity contribution is 7.09. The van der Waals surface area contributed by atoms with Crippen LogP contribution in [-0.2, 0) is 12.8 Å². The first kappa shape index (κ1) is 23.5. The topological polar surface area (TPSA) is 73.4 Å². The summed E-state index contributed by atoms with van der Waals surface area (Å²) in [5.41, 5.74) is 3.22. The number of amides is 2. The molecule has 0 aliphatic carbocycles. The maximum absolute atomic E-state index is 12.1. The number of rotatable bonds is 8. The Labute approximate surface area is 203 Å². The maximum Gasteiger partial charge on any atom is 0.319 e. The van der Waals surface area contributed by atoms with Crippen molar-refractivity contribution in [2.45, 2.75) is 19.8 Å². The summed E-state index contributed by atoms with van der Waals surface area (Å²) in [5, 5.41) is 7.54. The van der Waals surface area contributed by atoms with Crippen molar-refractivity contribution in [1.82, 2.24) is 19.6 Å². The second-order valence-corrected chi connectivity index (χ2v) is 9.22. The summed E-state index contributed by atoms with van der Waals surface area (Å²) in [6, 6.07) is 15.6. The zero-order valence-corrected chi connectivity index (χ0v) is 20.3. The monoisotopic (exact) mass is 484 g/mol. The van der Waals surface area contributed by atoms with Gasteiger partial charge < -0.3 is 15.5 Å². The Kier molecular flexibility index (Phi) is 8.15. The molecule has 3 aromatic rings. The Morgan fingerprint density at radius 3 is 2.42 bits per heavy atom. The number of aryl methyl sites for hydroxylation is 1. The van der Waals surface area contributed by atoms with Crippen LogP contribution < -0.4 is 15.5 Å². The van der Waals surface area contributed by atoms with Crippen molar-refractivity contribution >= 4 is 40.0 Å². The van der Waals surface area contributed by atoms with Crippen LogP contribution in [0.5, 0.6) is 0 Å². The van der Waals surface area contributed by atoms with Gasteiger partial charge in [-0.15, -0.1) is 0 Å². The fourth-order valence-electron chi connectivity index (χ4n) is 3.72. The molecular formula is C24H29ClN6OS. The Morgan fingerprint density at radius 1 is 1.03 bits per heavy atom. The molecule has 2 N–H and O–H groups in total. The van der Waals surface area contributed by atoms with Crippen LogP contribution in [-0.4, -0.2) is 59.6 Å². The van der Waals surface area contributed by atoms with E-state index in [2.05, 4.69) is 31.7 Å². The van der Waals surface area contributed by atoms with Crippen LogP contribution in [0.4, 0.5) is 15.6 Å². The zero-order valence-electron chi connectivity index (χ0n) is 18.8. The lowest BCUT2D eigenvalue weighted by Crippen LogP contribution is -2.48. The molecule has 4 rings (SSSR count). The van der Waals surface area contributed by atoms with Gasteiger partial charge in [-0.1, -0.05) is 42.8 Å². The van der Waals surface area contributed by atoms with Gasteiger partial charge in [-0.3, -0.25) is 4.90 Å². The third-order valence-electron chi connectivity index (χ3n) is 5.71. The summed E-state index contributed by atoms with van der Waals surface area (Å²) in [6.07, 6.45) is 1.70. The average Bonchev–Trinajstić information content (AvgIpc) is 3.30. The van der Waals surface area contributed by atoms with Crippen LogP contribution in [0.3, 0.4) is 0 Å².